The molecule has 1 unspecified atom stereocenters. The summed E-state index contributed by atoms with van der Waals surface area (Å²) in [6.07, 6.45) is 4.27. The van der Waals surface area contributed by atoms with E-state index in [-0.39, 0.29) is 5.41 Å². The third-order valence-corrected chi connectivity index (χ3v) is 7.63. The molecular formula is C24H23ClN2O3S. The maximum absolute atomic E-state index is 11.2. The predicted octanol–water partition coefficient (Wildman–Crippen LogP) is 6.41. The van der Waals surface area contributed by atoms with Gasteiger partial charge in [0.15, 0.2) is 0 Å². The van der Waals surface area contributed by atoms with Gasteiger partial charge in [0.1, 0.15) is 16.5 Å². The molecule has 1 aliphatic carbocycles. The molecular weight excluding hydrogens is 432 g/mol. The third kappa shape index (κ3) is 3.43. The maximum atomic E-state index is 11.2. The first-order chi connectivity index (χ1) is 14.9. The van der Waals surface area contributed by atoms with Gasteiger partial charge in [-0.1, -0.05) is 24.9 Å². The van der Waals surface area contributed by atoms with Crippen LogP contribution in [0.3, 0.4) is 0 Å². The van der Waals surface area contributed by atoms with Gasteiger partial charge in [0, 0.05) is 21.5 Å². The van der Waals surface area contributed by atoms with Crippen molar-refractivity contribution in [2.75, 3.05) is 14.2 Å². The number of pyridine rings is 1. The first-order valence-corrected chi connectivity index (χ1v) is 11.4. The fraction of sp³-hybridized carbons (Fsp3) is 0.333. The second-order valence-electron chi connectivity index (χ2n) is 8.39. The summed E-state index contributed by atoms with van der Waals surface area (Å²) in [4.78, 5) is 9.56. The van der Waals surface area contributed by atoms with Crippen molar-refractivity contribution in [1.82, 2.24) is 9.97 Å². The van der Waals surface area contributed by atoms with Crippen LogP contribution in [0.2, 0.25) is 5.02 Å². The van der Waals surface area contributed by atoms with Crippen LogP contribution in [0.5, 0.6) is 11.5 Å². The summed E-state index contributed by atoms with van der Waals surface area (Å²) in [5.74, 6) is 1.40. The second-order valence-corrected chi connectivity index (χ2v) is 9.86. The summed E-state index contributed by atoms with van der Waals surface area (Å²) in [7, 11) is 3.26. The average molecular weight is 455 g/mol. The number of aliphatic hydroxyl groups excluding tert-OH is 1. The Hall–Kier alpha value is -2.41. The van der Waals surface area contributed by atoms with Crippen molar-refractivity contribution in [2.45, 2.75) is 32.3 Å². The van der Waals surface area contributed by atoms with Gasteiger partial charge in [-0.3, -0.25) is 4.98 Å². The predicted molar refractivity (Wildman–Crippen MR) is 125 cm³/mol. The highest BCUT2D eigenvalue weighted by Crippen LogP contribution is 2.52. The number of benzene rings is 2. The van der Waals surface area contributed by atoms with Crippen LogP contribution in [0.4, 0.5) is 0 Å². The molecule has 0 saturated heterocycles. The average Bonchev–Trinajstić information content (AvgIpc) is 3.19. The smallest absolute Gasteiger partial charge is 0.137 e. The highest BCUT2D eigenvalue weighted by Gasteiger charge is 2.40. The molecule has 4 aromatic rings. The molecule has 2 heterocycles. The SMILES string of the molecule is COc1cnc2c(-c3nc4c(C(O)C5(C)CCC5)cc(OC)cc4s3)cc(Cl)cc2c1. The largest absolute Gasteiger partial charge is 0.497 e. The van der Waals surface area contributed by atoms with Crippen molar-refractivity contribution in [3.63, 3.8) is 0 Å². The van der Waals surface area contributed by atoms with Gasteiger partial charge in [-0.2, -0.15) is 0 Å². The molecule has 1 fully saturated rings. The minimum Gasteiger partial charge on any atom is -0.497 e. The van der Waals surface area contributed by atoms with Crippen molar-refractivity contribution >= 4 is 44.1 Å². The number of aromatic nitrogens is 2. The van der Waals surface area contributed by atoms with E-state index in [4.69, 9.17) is 26.1 Å². The minimum absolute atomic E-state index is 0.121. The summed E-state index contributed by atoms with van der Waals surface area (Å²) >= 11 is 7.98. The number of halogens is 1. The van der Waals surface area contributed by atoms with E-state index in [9.17, 15) is 5.11 Å². The molecule has 2 aromatic carbocycles. The van der Waals surface area contributed by atoms with E-state index in [0.717, 1.165) is 62.3 Å². The zero-order valence-corrected chi connectivity index (χ0v) is 19.2. The van der Waals surface area contributed by atoms with Crippen LogP contribution in [-0.4, -0.2) is 29.3 Å². The van der Waals surface area contributed by atoms with Crippen molar-refractivity contribution in [3.05, 3.63) is 47.1 Å². The van der Waals surface area contributed by atoms with E-state index in [1.54, 1.807) is 31.8 Å². The number of hydrogen-bond acceptors (Lipinski definition) is 6. The quantitative estimate of drug-likeness (QED) is 0.377. The normalized spacial score (nSPS) is 16.3. The number of rotatable bonds is 5. The summed E-state index contributed by atoms with van der Waals surface area (Å²) in [5, 5.41) is 13.5. The summed E-state index contributed by atoms with van der Waals surface area (Å²) in [6.45, 7) is 2.14. The Labute approximate surface area is 189 Å². The fourth-order valence-corrected chi connectivity index (χ4v) is 5.59. The second kappa shape index (κ2) is 7.62. The first-order valence-electron chi connectivity index (χ1n) is 10.2. The lowest BCUT2D eigenvalue weighted by Crippen LogP contribution is -2.32. The molecule has 160 valence electrons. The zero-order chi connectivity index (χ0) is 21.8. The Balaban J connectivity index is 1.71. The van der Waals surface area contributed by atoms with Gasteiger partial charge >= 0.3 is 0 Å². The maximum Gasteiger partial charge on any atom is 0.137 e. The van der Waals surface area contributed by atoms with E-state index >= 15 is 0 Å². The van der Waals surface area contributed by atoms with Gasteiger partial charge in [-0.15, -0.1) is 11.3 Å². The Morgan fingerprint density at radius 2 is 1.84 bits per heavy atom. The third-order valence-electron chi connectivity index (χ3n) is 6.37. The van der Waals surface area contributed by atoms with Crippen molar-refractivity contribution in [3.8, 4) is 22.1 Å². The number of nitrogens with zero attached hydrogens (tertiary/aromatic N) is 2. The van der Waals surface area contributed by atoms with Gasteiger partial charge in [0.05, 0.1) is 42.3 Å². The van der Waals surface area contributed by atoms with Crippen molar-refractivity contribution < 1.29 is 14.6 Å². The molecule has 1 saturated carbocycles. The Kier molecular flexibility index (Phi) is 5.04. The molecule has 0 aliphatic heterocycles. The molecule has 31 heavy (non-hydrogen) atoms. The molecule has 1 N–H and O–H groups in total. The Morgan fingerprint density at radius 1 is 1.06 bits per heavy atom. The summed E-state index contributed by atoms with van der Waals surface area (Å²) in [6, 6.07) is 9.57. The van der Waals surface area contributed by atoms with Gasteiger partial charge in [-0.05, 0) is 48.6 Å². The molecule has 5 rings (SSSR count). The molecule has 5 nitrogen and oxygen atoms in total. The molecule has 7 heteroatoms. The molecule has 0 spiro atoms. The molecule has 0 bridgehead atoms. The van der Waals surface area contributed by atoms with Crippen molar-refractivity contribution in [2.24, 2.45) is 5.41 Å². The van der Waals surface area contributed by atoms with Crippen LogP contribution in [0.25, 0.3) is 31.7 Å². The lowest BCUT2D eigenvalue weighted by atomic mass is 9.65. The van der Waals surface area contributed by atoms with Crippen LogP contribution in [0.1, 0.15) is 37.9 Å². The fourth-order valence-electron chi connectivity index (χ4n) is 4.32. The van der Waals surface area contributed by atoms with Gasteiger partial charge in [0.2, 0.25) is 0 Å². The number of thiazole rings is 1. The van der Waals surface area contributed by atoms with Gasteiger partial charge in [0.25, 0.3) is 0 Å². The van der Waals surface area contributed by atoms with Crippen LogP contribution in [-0.2, 0) is 0 Å². The van der Waals surface area contributed by atoms with Gasteiger partial charge in [-0.25, -0.2) is 4.98 Å². The molecule has 1 atom stereocenters. The molecule has 1 aliphatic rings. The lowest BCUT2D eigenvalue weighted by molar-refractivity contribution is -0.0212. The van der Waals surface area contributed by atoms with Crippen LogP contribution >= 0.6 is 22.9 Å². The summed E-state index contributed by atoms with van der Waals surface area (Å²) in [5.41, 5.74) is 3.18. The highest BCUT2D eigenvalue weighted by molar-refractivity contribution is 7.21. The van der Waals surface area contributed by atoms with E-state index in [2.05, 4.69) is 11.9 Å². The van der Waals surface area contributed by atoms with Crippen LogP contribution in [0.15, 0.2) is 36.5 Å². The van der Waals surface area contributed by atoms with E-state index in [1.165, 1.54) is 0 Å². The standard InChI is InChI=1S/C24H23ClN2O3S/c1-24(5-4-6-24)22(28)17-10-15(29-2)11-19-21(17)27-23(31-19)18-9-14(25)7-13-8-16(30-3)12-26-20(13)18/h7-12,22,28H,4-6H2,1-3H3. The topological polar surface area (TPSA) is 64.5 Å². The van der Waals surface area contributed by atoms with Crippen LogP contribution < -0.4 is 9.47 Å². The number of hydrogen-bond donors (Lipinski definition) is 1. The number of aliphatic hydroxyl groups is 1. The number of ether oxygens (including phenoxy) is 2. The molecule has 0 amide bonds. The van der Waals surface area contributed by atoms with Gasteiger partial charge < -0.3 is 14.6 Å². The minimum atomic E-state index is -0.590. The van der Waals surface area contributed by atoms with Crippen LogP contribution in [0, 0.1) is 5.41 Å². The summed E-state index contributed by atoms with van der Waals surface area (Å²) < 4.78 is 11.8. The highest BCUT2D eigenvalue weighted by atomic mass is 35.5. The van der Waals surface area contributed by atoms with E-state index in [1.807, 2.05) is 30.3 Å². The lowest BCUT2D eigenvalue weighted by Gasteiger charge is -2.42. The Bertz CT molecular complexity index is 1300. The van der Waals surface area contributed by atoms with E-state index < -0.39 is 6.10 Å². The number of methoxy groups -OCH3 is 2. The molecule has 0 radical (unpaired) electrons. The van der Waals surface area contributed by atoms with Crippen molar-refractivity contribution in [1.29, 1.82) is 0 Å². The Morgan fingerprint density at radius 3 is 2.52 bits per heavy atom. The molecule has 2 aromatic heterocycles. The number of fused-ring (bicyclic) bond motifs is 2. The zero-order valence-electron chi connectivity index (χ0n) is 17.6. The monoisotopic (exact) mass is 454 g/mol. The van der Waals surface area contributed by atoms with E-state index in [0.29, 0.717) is 10.8 Å². The first kappa shape index (κ1) is 20.5.